The quantitative estimate of drug-likeness (QED) is 0.787. The summed E-state index contributed by atoms with van der Waals surface area (Å²) in [5, 5.41) is 0. The van der Waals surface area contributed by atoms with Crippen LogP contribution in [0.3, 0.4) is 0 Å². The lowest BCUT2D eigenvalue weighted by Crippen LogP contribution is -2.13. The maximum Gasteiger partial charge on any atom is 0.162 e. The lowest BCUT2D eigenvalue weighted by Gasteiger charge is -2.15. The summed E-state index contributed by atoms with van der Waals surface area (Å²) in [5.74, 6) is 0. The predicted octanol–water partition coefficient (Wildman–Crippen LogP) is 3.40. The smallest absolute Gasteiger partial charge is 0.162 e. The number of benzene rings is 2. The highest BCUT2D eigenvalue weighted by Gasteiger charge is 2.19. The molecule has 0 heterocycles. The van der Waals surface area contributed by atoms with Crippen molar-refractivity contribution in [2.24, 2.45) is 0 Å². The molecule has 0 aromatic heterocycles. The van der Waals surface area contributed by atoms with E-state index in [-0.39, 0.29) is 0 Å². The molecule has 0 spiro atoms. The van der Waals surface area contributed by atoms with Crippen molar-refractivity contribution in [3.63, 3.8) is 0 Å². The number of hydrogen-bond acceptors (Lipinski definition) is 2. The third-order valence-electron chi connectivity index (χ3n) is 2.86. The van der Waals surface area contributed by atoms with Crippen LogP contribution in [0.25, 0.3) is 4.91 Å². The fourth-order valence-electron chi connectivity index (χ4n) is 1.84. The molecule has 0 radical (unpaired) electrons. The van der Waals surface area contributed by atoms with Crippen LogP contribution in [-0.4, -0.2) is 30.1 Å². The Morgan fingerprint density at radius 3 is 2.10 bits per heavy atom. The van der Waals surface area contributed by atoms with Crippen LogP contribution >= 0.6 is 0 Å². The zero-order valence-electron chi connectivity index (χ0n) is 11.8. The summed E-state index contributed by atoms with van der Waals surface area (Å²) in [6, 6.07) is 19.5. The molecular formula is C17H19NOS. The Morgan fingerprint density at radius 2 is 1.55 bits per heavy atom. The molecule has 0 saturated heterocycles. The van der Waals surface area contributed by atoms with Gasteiger partial charge in [-0.1, -0.05) is 36.4 Å². The molecule has 2 aromatic carbocycles. The van der Waals surface area contributed by atoms with E-state index < -0.39 is 11.2 Å². The minimum Gasteiger partial charge on any atom is -0.606 e. The Morgan fingerprint density at radius 1 is 1.00 bits per heavy atom. The van der Waals surface area contributed by atoms with E-state index in [1.165, 1.54) is 0 Å². The monoisotopic (exact) mass is 285 g/mol. The minimum atomic E-state index is -1.15. The van der Waals surface area contributed by atoms with Gasteiger partial charge in [-0.05, 0) is 44.4 Å². The van der Waals surface area contributed by atoms with Crippen LogP contribution in [0.15, 0.2) is 71.6 Å². The van der Waals surface area contributed by atoms with Gasteiger partial charge in [0.05, 0.1) is 0 Å². The zero-order chi connectivity index (χ0) is 14.4. The summed E-state index contributed by atoms with van der Waals surface area (Å²) in [6.07, 6.45) is 2.04. The second-order valence-corrected chi connectivity index (χ2v) is 6.23. The van der Waals surface area contributed by atoms with E-state index in [1.807, 2.05) is 80.8 Å². The lowest BCUT2D eigenvalue weighted by molar-refractivity contribution is 0.457. The fraction of sp³-hybridized carbons (Fsp3) is 0.176. The molecule has 2 rings (SSSR count). The molecule has 2 nitrogen and oxygen atoms in total. The molecular weight excluding hydrogens is 266 g/mol. The average Bonchev–Trinajstić information content (AvgIpc) is 2.49. The van der Waals surface area contributed by atoms with Gasteiger partial charge < -0.3 is 9.45 Å². The van der Waals surface area contributed by atoms with Crippen molar-refractivity contribution < 1.29 is 4.55 Å². The van der Waals surface area contributed by atoms with E-state index in [1.54, 1.807) is 0 Å². The van der Waals surface area contributed by atoms with Gasteiger partial charge in [0.2, 0.25) is 0 Å². The van der Waals surface area contributed by atoms with Crippen LogP contribution < -0.4 is 0 Å². The van der Waals surface area contributed by atoms with Crippen molar-refractivity contribution in [1.29, 1.82) is 0 Å². The molecule has 104 valence electrons. The Hall–Kier alpha value is -1.55. The van der Waals surface area contributed by atoms with Crippen LogP contribution in [0.4, 0.5) is 0 Å². The van der Waals surface area contributed by atoms with Gasteiger partial charge in [-0.2, -0.15) is 0 Å². The highest BCUT2D eigenvalue weighted by Crippen LogP contribution is 2.27. The minimum absolute atomic E-state index is 0.767. The van der Waals surface area contributed by atoms with Gasteiger partial charge >= 0.3 is 0 Å². The number of rotatable bonds is 5. The Balaban J connectivity index is 2.34. The van der Waals surface area contributed by atoms with Crippen LogP contribution in [-0.2, 0) is 11.2 Å². The van der Waals surface area contributed by atoms with Gasteiger partial charge in [0.15, 0.2) is 9.80 Å². The third kappa shape index (κ3) is 3.97. The summed E-state index contributed by atoms with van der Waals surface area (Å²) in [5.41, 5.74) is 1.01. The van der Waals surface area contributed by atoms with E-state index in [2.05, 4.69) is 4.90 Å². The van der Waals surface area contributed by atoms with Gasteiger partial charge in [-0.25, -0.2) is 0 Å². The Kier molecular flexibility index (Phi) is 5.41. The molecule has 0 aliphatic carbocycles. The molecule has 0 amide bonds. The van der Waals surface area contributed by atoms with Gasteiger partial charge in [-0.15, -0.1) is 0 Å². The van der Waals surface area contributed by atoms with Crippen molar-refractivity contribution in [3.05, 3.63) is 72.3 Å². The summed E-state index contributed by atoms with van der Waals surface area (Å²) in [7, 11) is 4.01. The maximum absolute atomic E-state index is 12.8. The number of likely N-dealkylation sites (N-methyl/N-ethyl adjacent to an activating group) is 1. The molecule has 0 saturated carbocycles. The van der Waals surface area contributed by atoms with Gasteiger partial charge in [0, 0.05) is 23.3 Å². The largest absolute Gasteiger partial charge is 0.606 e. The van der Waals surface area contributed by atoms with Crippen molar-refractivity contribution in [1.82, 2.24) is 4.90 Å². The number of nitrogens with zero attached hydrogens (tertiary/aromatic N) is 1. The molecule has 1 unspecified atom stereocenters. The first-order chi connectivity index (χ1) is 9.68. The van der Waals surface area contributed by atoms with Crippen molar-refractivity contribution in [3.8, 4) is 0 Å². The second-order valence-electron chi connectivity index (χ2n) is 4.78. The molecule has 1 atom stereocenters. The standard InChI is InChI=1S/C17H19NOS/c1-18(2)14-13-17(15-9-5-3-6-10-15)20(19)16-11-7-4-8-12-16/h3-13H,14H2,1-2H3. The zero-order valence-corrected chi connectivity index (χ0v) is 12.6. The van der Waals surface area contributed by atoms with Crippen LogP contribution in [0.1, 0.15) is 5.56 Å². The first kappa shape index (κ1) is 14.9. The fourth-order valence-corrected chi connectivity index (χ4v) is 3.07. The summed E-state index contributed by atoms with van der Waals surface area (Å²) in [4.78, 5) is 3.76. The SMILES string of the molecule is CN(C)CC=C(c1ccccc1)[S+]([O-])c1ccccc1. The first-order valence-electron chi connectivity index (χ1n) is 6.55. The highest BCUT2D eigenvalue weighted by molar-refractivity contribution is 8.00. The summed E-state index contributed by atoms with van der Waals surface area (Å²) < 4.78 is 12.8. The Labute approximate surface area is 123 Å². The van der Waals surface area contributed by atoms with E-state index in [9.17, 15) is 4.55 Å². The third-order valence-corrected chi connectivity index (χ3v) is 4.36. The molecule has 0 aliphatic rings. The summed E-state index contributed by atoms with van der Waals surface area (Å²) in [6.45, 7) is 0.767. The van der Waals surface area contributed by atoms with E-state index in [0.717, 1.165) is 21.9 Å². The van der Waals surface area contributed by atoms with Gasteiger partial charge in [0.1, 0.15) is 0 Å². The Bertz CT molecular complexity index is 552. The summed E-state index contributed by atoms with van der Waals surface area (Å²) >= 11 is -1.15. The van der Waals surface area contributed by atoms with E-state index >= 15 is 0 Å². The van der Waals surface area contributed by atoms with Gasteiger partial charge in [-0.3, -0.25) is 0 Å². The van der Waals surface area contributed by atoms with Crippen LogP contribution in [0.2, 0.25) is 0 Å². The highest BCUT2D eigenvalue weighted by atomic mass is 32.2. The molecule has 0 aliphatic heterocycles. The van der Waals surface area contributed by atoms with Gasteiger partial charge in [0.25, 0.3) is 0 Å². The van der Waals surface area contributed by atoms with Crippen molar-refractivity contribution >= 4 is 16.1 Å². The molecule has 0 fully saturated rings. The molecule has 2 aromatic rings. The predicted molar refractivity (Wildman–Crippen MR) is 85.8 cm³/mol. The van der Waals surface area contributed by atoms with E-state index in [4.69, 9.17) is 0 Å². The second kappa shape index (κ2) is 7.29. The van der Waals surface area contributed by atoms with Crippen LogP contribution in [0, 0.1) is 0 Å². The maximum atomic E-state index is 12.8. The average molecular weight is 285 g/mol. The van der Waals surface area contributed by atoms with E-state index in [0.29, 0.717) is 0 Å². The molecule has 20 heavy (non-hydrogen) atoms. The molecule has 0 bridgehead atoms. The van der Waals surface area contributed by atoms with Crippen molar-refractivity contribution in [2.45, 2.75) is 4.90 Å². The number of hydrogen-bond donors (Lipinski definition) is 0. The first-order valence-corrected chi connectivity index (χ1v) is 7.70. The normalized spacial score (nSPS) is 13.5. The molecule has 3 heteroatoms. The molecule has 0 N–H and O–H groups in total. The van der Waals surface area contributed by atoms with Crippen molar-refractivity contribution in [2.75, 3.05) is 20.6 Å². The topological polar surface area (TPSA) is 26.3 Å². The lowest BCUT2D eigenvalue weighted by atomic mass is 10.2. The van der Waals surface area contributed by atoms with Crippen LogP contribution in [0.5, 0.6) is 0 Å².